The van der Waals surface area contributed by atoms with Crippen molar-refractivity contribution >= 4 is 11.6 Å². The molecule has 6 heteroatoms. The van der Waals surface area contributed by atoms with E-state index in [2.05, 4.69) is 10.6 Å². The first kappa shape index (κ1) is 21.6. The molecule has 0 radical (unpaired) electrons. The van der Waals surface area contributed by atoms with E-state index in [1.807, 2.05) is 30.3 Å². The summed E-state index contributed by atoms with van der Waals surface area (Å²) < 4.78 is 5.77. The highest BCUT2D eigenvalue weighted by Gasteiger charge is 2.15. The number of nitrogens with one attached hydrogen (secondary N) is 3. The van der Waals surface area contributed by atoms with Crippen LogP contribution in [0.15, 0.2) is 66.4 Å². The van der Waals surface area contributed by atoms with Crippen LogP contribution >= 0.6 is 0 Å². The molecule has 5 N–H and O–H groups in total. The second kappa shape index (κ2) is 11.2. The number of hydrogen-bond acceptors (Lipinski definition) is 5. The van der Waals surface area contributed by atoms with Crippen molar-refractivity contribution in [2.24, 2.45) is 11.7 Å². The third kappa shape index (κ3) is 6.46. The average Bonchev–Trinajstić information content (AvgIpc) is 2.77. The Labute approximate surface area is 178 Å². The quantitative estimate of drug-likeness (QED) is 0.275. The van der Waals surface area contributed by atoms with Crippen LogP contribution in [0.25, 0.3) is 0 Å². The number of nitrogens with two attached hydrogens (primary N) is 1. The first-order valence-corrected chi connectivity index (χ1v) is 10.5. The lowest BCUT2D eigenvalue weighted by Crippen LogP contribution is -2.28. The molecule has 0 aliphatic carbocycles. The fourth-order valence-electron chi connectivity index (χ4n) is 3.57. The van der Waals surface area contributed by atoms with Crippen LogP contribution in [0.2, 0.25) is 0 Å². The molecule has 0 spiro atoms. The zero-order valence-electron chi connectivity index (χ0n) is 17.2. The van der Waals surface area contributed by atoms with Crippen molar-refractivity contribution in [1.29, 1.82) is 5.41 Å². The maximum Gasteiger partial charge on any atom is 0.252 e. The summed E-state index contributed by atoms with van der Waals surface area (Å²) in [7, 11) is 0. The van der Waals surface area contributed by atoms with Crippen molar-refractivity contribution in [3.05, 3.63) is 71.9 Å². The van der Waals surface area contributed by atoms with E-state index in [1.165, 1.54) is 19.3 Å². The summed E-state index contributed by atoms with van der Waals surface area (Å²) in [5, 5.41) is 14.9. The number of ether oxygens (including phenoxy) is 1. The highest BCUT2D eigenvalue weighted by molar-refractivity contribution is 6.26. The van der Waals surface area contributed by atoms with Crippen LogP contribution in [-0.4, -0.2) is 31.3 Å². The molecule has 1 amide bonds. The number of rotatable bonds is 10. The molecule has 3 rings (SSSR count). The summed E-state index contributed by atoms with van der Waals surface area (Å²) in [6.45, 7) is 2.98. The summed E-state index contributed by atoms with van der Waals surface area (Å²) in [6.07, 6.45) is 6.25. The highest BCUT2D eigenvalue weighted by atomic mass is 16.5. The zero-order valence-corrected chi connectivity index (χ0v) is 17.2. The van der Waals surface area contributed by atoms with Crippen LogP contribution in [0, 0.1) is 11.3 Å². The number of piperidine rings is 1. The standard InChI is InChI=1S/C24H30N4O2/c25-23(19-8-10-21(11-9-19)30-20-6-2-1-3-7-20)22(24(26)29)17-28-14-4-5-18-12-15-27-16-13-18/h1-3,6-11,17-18,25,27-28H,4-5,12-16H2,(H2,26,29)/b22-17-,25-23?. The van der Waals surface area contributed by atoms with Gasteiger partial charge in [-0.2, -0.15) is 0 Å². The first-order chi connectivity index (χ1) is 14.6. The molecule has 0 atom stereocenters. The van der Waals surface area contributed by atoms with Crippen molar-refractivity contribution in [1.82, 2.24) is 10.6 Å². The number of carbonyl (C=O) groups is 1. The van der Waals surface area contributed by atoms with Gasteiger partial charge in [0, 0.05) is 18.3 Å². The second-order valence-electron chi connectivity index (χ2n) is 7.53. The van der Waals surface area contributed by atoms with Gasteiger partial charge in [0.05, 0.1) is 11.3 Å². The molecule has 6 nitrogen and oxygen atoms in total. The fraction of sp³-hybridized carbons (Fsp3) is 0.333. The van der Waals surface area contributed by atoms with Gasteiger partial charge in [0.2, 0.25) is 0 Å². The monoisotopic (exact) mass is 406 g/mol. The normalized spacial score (nSPS) is 14.9. The van der Waals surface area contributed by atoms with Gasteiger partial charge in [0.15, 0.2) is 0 Å². The molecule has 30 heavy (non-hydrogen) atoms. The Bertz CT molecular complexity index is 857. The Morgan fingerprint density at radius 3 is 2.43 bits per heavy atom. The van der Waals surface area contributed by atoms with Crippen LogP contribution in [0.1, 0.15) is 31.2 Å². The van der Waals surface area contributed by atoms with Crippen LogP contribution in [-0.2, 0) is 4.79 Å². The van der Waals surface area contributed by atoms with E-state index >= 15 is 0 Å². The van der Waals surface area contributed by atoms with E-state index in [0.29, 0.717) is 11.3 Å². The Morgan fingerprint density at radius 1 is 1.10 bits per heavy atom. The minimum absolute atomic E-state index is 0.0969. The van der Waals surface area contributed by atoms with Crippen molar-refractivity contribution in [3.8, 4) is 11.5 Å². The molecule has 2 aromatic carbocycles. The highest BCUT2D eigenvalue weighted by Crippen LogP contribution is 2.22. The van der Waals surface area contributed by atoms with E-state index < -0.39 is 5.91 Å². The molecule has 1 saturated heterocycles. The van der Waals surface area contributed by atoms with Gasteiger partial charge in [-0.15, -0.1) is 0 Å². The number of carbonyl (C=O) groups excluding carboxylic acids is 1. The van der Waals surface area contributed by atoms with E-state index in [1.54, 1.807) is 30.5 Å². The largest absolute Gasteiger partial charge is 0.457 e. The Kier molecular flexibility index (Phi) is 8.03. The third-order valence-corrected chi connectivity index (χ3v) is 5.30. The van der Waals surface area contributed by atoms with E-state index in [9.17, 15) is 4.79 Å². The van der Waals surface area contributed by atoms with Gasteiger partial charge < -0.3 is 21.1 Å². The number of primary amides is 1. The van der Waals surface area contributed by atoms with E-state index in [4.69, 9.17) is 15.9 Å². The number of benzene rings is 2. The van der Waals surface area contributed by atoms with Gasteiger partial charge in [-0.1, -0.05) is 18.2 Å². The molecule has 1 aliphatic heterocycles. The summed E-state index contributed by atoms with van der Waals surface area (Å²) in [5.41, 5.74) is 6.40. The minimum atomic E-state index is -0.615. The topological polar surface area (TPSA) is 100 Å². The third-order valence-electron chi connectivity index (χ3n) is 5.30. The maximum atomic E-state index is 11.9. The predicted molar refractivity (Wildman–Crippen MR) is 120 cm³/mol. The van der Waals surface area contributed by atoms with Gasteiger partial charge in [-0.25, -0.2) is 0 Å². The first-order valence-electron chi connectivity index (χ1n) is 10.5. The molecule has 1 heterocycles. The van der Waals surface area contributed by atoms with E-state index in [-0.39, 0.29) is 11.3 Å². The molecule has 158 valence electrons. The molecule has 1 aliphatic rings. The Balaban J connectivity index is 1.53. The second-order valence-corrected chi connectivity index (χ2v) is 7.53. The maximum absolute atomic E-state index is 11.9. The lowest BCUT2D eigenvalue weighted by molar-refractivity contribution is -0.114. The van der Waals surface area contributed by atoms with Crippen LogP contribution in [0.5, 0.6) is 11.5 Å². The van der Waals surface area contributed by atoms with Gasteiger partial charge in [0.1, 0.15) is 11.5 Å². The van der Waals surface area contributed by atoms with Gasteiger partial charge in [-0.3, -0.25) is 10.2 Å². The number of amides is 1. The lowest BCUT2D eigenvalue weighted by atomic mass is 9.93. The number of hydrogen-bond donors (Lipinski definition) is 4. The van der Waals surface area contributed by atoms with Crippen molar-refractivity contribution in [2.75, 3.05) is 19.6 Å². The Morgan fingerprint density at radius 2 is 1.77 bits per heavy atom. The van der Waals surface area contributed by atoms with Crippen molar-refractivity contribution in [2.45, 2.75) is 25.7 Å². The van der Waals surface area contributed by atoms with Gasteiger partial charge in [0.25, 0.3) is 5.91 Å². The van der Waals surface area contributed by atoms with Crippen molar-refractivity contribution in [3.63, 3.8) is 0 Å². The van der Waals surface area contributed by atoms with Gasteiger partial charge >= 0.3 is 0 Å². The van der Waals surface area contributed by atoms with Crippen molar-refractivity contribution < 1.29 is 9.53 Å². The fourth-order valence-corrected chi connectivity index (χ4v) is 3.57. The zero-order chi connectivity index (χ0) is 21.2. The summed E-state index contributed by atoms with van der Waals surface area (Å²) in [5.74, 6) is 1.57. The lowest BCUT2D eigenvalue weighted by Gasteiger charge is -2.22. The SMILES string of the molecule is N=C(/C(=C/NCCCC1CCNCC1)C(N)=O)c1ccc(Oc2ccccc2)cc1. The molecule has 2 aromatic rings. The minimum Gasteiger partial charge on any atom is -0.457 e. The molecular weight excluding hydrogens is 376 g/mol. The molecule has 0 bridgehead atoms. The molecule has 0 unspecified atom stereocenters. The average molecular weight is 407 g/mol. The van der Waals surface area contributed by atoms with E-state index in [0.717, 1.165) is 37.7 Å². The van der Waals surface area contributed by atoms with Crippen LogP contribution in [0.4, 0.5) is 0 Å². The van der Waals surface area contributed by atoms with Crippen LogP contribution in [0.3, 0.4) is 0 Å². The van der Waals surface area contributed by atoms with Crippen LogP contribution < -0.4 is 21.1 Å². The molecular formula is C24H30N4O2. The smallest absolute Gasteiger partial charge is 0.252 e. The summed E-state index contributed by atoms with van der Waals surface area (Å²) in [6, 6.07) is 16.6. The van der Waals surface area contributed by atoms with Gasteiger partial charge in [-0.05, 0) is 81.1 Å². The summed E-state index contributed by atoms with van der Waals surface area (Å²) >= 11 is 0. The molecule has 0 aromatic heterocycles. The molecule has 0 saturated carbocycles. The summed E-state index contributed by atoms with van der Waals surface area (Å²) in [4.78, 5) is 11.9. The predicted octanol–water partition coefficient (Wildman–Crippen LogP) is 3.59. The molecule has 1 fully saturated rings. The Hall–Kier alpha value is -3.12. The number of para-hydroxylation sites is 1.